The second-order valence-corrected chi connectivity index (χ2v) is 4.17. The van der Waals surface area contributed by atoms with Crippen LogP contribution in [0.1, 0.15) is 12.6 Å². The lowest BCUT2D eigenvalue weighted by atomic mass is 10.2. The van der Waals surface area contributed by atoms with Crippen LogP contribution < -0.4 is 10.9 Å². The monoisotopic (exact) mass is 274 g/mol. The van der Waals surface area contributed by atoms with Crippen molar-refractivity contribution in [1.29, 1.82) is 0 Å². The number of aromatic nitrogens is 2. The number of aromatic amines is 1. The minimum absolute atomic E-state index is 0.0000915. The molecule has 0 radical (unpaired) electrons. The van der Waals surface area contributed by atoms with Gasteiger partial charge in [-0.1, -0.05) is 6.92 Å². The van der Waals surface area contributed by atoms with E-state index in [0.717, 1.165) is 6.54 Å². The molecule has 1 heterocycles. The summed E-state index contributed by atoms with van der Waals surface area (Å²) in [5.74, 6) is 0.403. The Morgan fingerprint density at radius 3 is 2.65 bits per heavy atom. The molecule has 0 aliphatic heterocycles. The molecule has 0 fully saturated rings. The third kappa shape index (κ3) is 3.27. The van der Waals surface area contributed by atoms with Gasteiger partial charge in [-0.3, -0.25) is 14.9 Å². The number of hydrogen-bond acceptors (Lipinski definition) is 5. The molecular weight excluding hydrogens is 260 g/mol. The Balaban J connectivity index is 2.34. The highest BCUT2D eigenvalue weighted by Crippen LogP contribution is 2.18. The molecule has 0 saturated heterocycles. The van der Waals surface area contributed by atoms with Crippen molar-refractivity contribution in [2.24, 2.45) is 0 Å². The number of benzene rings is 1. The van der Waals surface area contributed by atoms with E-state index in [1.807, 2.05) is 6.92 Å². The van der Waals surface area contributed by atoms with Crippen LogP contribution in [0.5, 0.6) is 0 Å². The standard InChI is InChI=1S/C13H14N4O3/c1-2-14-8-10-7-12(18)16-13(15-10)9-3-5-11(6-4-9)17(19)20/h3-7,14H,2,8H2,1H3,(H,15,16,18). The van der Waals surface area contributed by atoms with Gasteiger partial charge in [0.1, 0.15) is 5.82 Å². The predicted molar refractivity (Wildman–Crippen MR) is 74.3 cm³/mol. The minimum Gasteiger partial charge on any atom is -0.311 e. The molecule has 0 atom stereocenters. The lowest BCUT2D eigenvalue weighted by Crippen LogP contribution is -2.17. The maximum absolute atomic E-state index is 11.6. The quantitative estimate of drug-likeness (QED) is 0.635. The minimum atomic E-state index is -0.471. The second kappa shape index (κ2) is 6.07. The zero-order valence-corrected chi connectivity index (χ0v) is 10.9. The summed E-state index contributed by atoms with van der Waals surface area (Å²) in [6.45, 7) is 3.24. The van der Waals surface area contributed by atoms with Crippen molar-refractivity contribution in [3.8, 4) is 11.4 Å². The summed E-state index contributed by atoms with van der Waals surface area (Å²) < 4.78 is 0. The molecule has 0 bridgehead atoms. The summed E-state index contributed by atoms with van der Waals surface area (Å²) in [6, 6.07) is 7.32. The highest BCUT2D eigenvalue weighted by molar-refractivity contribution is 5.57. The Bertz CT molecular complexity index is 664. The number of nitrogens with one attached hydrogen (secondary N) is 2. The lowest BCUT2D eigenvalue weighted by molar-refractivity contribution is -0.384. The third-order valence-electron chi connectivity index (χ3n) is 2.70. The fourth-order valence-corrected chi connectivity index (χ4v) is 1.73. The van der Waals surface area contributed by atoms with E-state index < -0.39 is 4.92 Å². The van der Waals surface area contributed by atoms with E-state index in [9.17, 15) is 14.9 Å². The Hall–Kier alpha value is -2.54. The zero-order valence-electron chi connectivity index (χ0n) is 10.9. The molecule has 0 saturated carbocycles. The third-order valence-corrected chi connectivity index (χ3v) is 2.70. The van der Waals surface area contributed by atoms with Crippen molar-refractivity contribution >= 4 is 5.69 Å². The predicted octanol–water partition coefficient (Wildman–Crippen LogP) is 1.45. The number of hydrogen-bond donors (Lipinski definition) is 2. The van der Waals surface area contributed by atoms with Crippen LogP contribution in [0.15, 0.2) is 35.1 Å². The topological polar surface area (TPSA) is 101 Å². The molecule has 0 spiro atoms. The molecule has 0 aliphatic rings. The Labute approximate surface area is 114 Å². The van der Waals surface area contributed by atoms with E-state index in [1.165, 1.54) is 18.2 Å². The van der Waals surface area contributed by atoms with E-state index in [0.29, 0.717) is 23.6 Å². The molecule has 0 aliphatic carbocycles. The summed E-state index contributed by atoms with van der Waals surface area (Å²) in [5.41, 5.74) is 1.01. The molecule has 0 amide bonds. The van der Waals surface area contributed by atoms with Gasteiger partial charge in [0.15, 0.2) is 0 Å². The van der Waals surface area contributed by atoms with Gasteiger partial charge in [-0.05, 0) is 18.7 Å². The van der Waals surface area contributed by atoms with Crippen LogP contribution in [0.4, 0.5) is 5.69 Å². The van der Waals surface area contributed by atoms with E-state index in [2.05, 4.69) is 15.3 Å². The fraction of sp³-hybridized carbons (Fsp3) is 0.231. The highest BCUT2D eigenvalue weighted by Gasteiger charge is 2.07. The molecule has 2 rings (SSSR count). The zero-order chi connectivity index (χ0) is 14.5. The molecule has 7 heteroatoms. The number of nitro groups is 1. The van der Waals surface area contributed by atoms with Crippen LogP contribution in [0.3, 0.4) is 0 Å². The SMILES string of the molecule is CCNCc1cc(=O)[nH]c(-c2ccc([N+](=O)[O-])cc2)n1. The van der Waals surface area contributed by atoms with Crippen molar-refractivity contribution in [2.45, 2.75) is 13.5 Å². The van der Waals surface area contributed by atoms with E-state index >= 15 is 0 Å². The van der Waals surface area contributed by atoms with Crippen molar-refractivity contribution in [3.63, 3.8) is 0 Å². The number of H-pyrrole nitrogens is 1. The maximum atomic E-state index is 11.6. The van der Waals surface area contributed by atoms with E-state index in [4.69, 9.17) is 0 Å². The van der Waals surface area contributed by atoms with Crippen LogP contribution in [0.25, 0.3) is 11.4 Å². The second-order valence-electron chi connectivity index (χ2n) is 4.17. The largest absolute Gasteiger partial charge is 0.311 e. The molecule has 104 valence electrons. The van der Waals surface area contributed by atoms with Crippen LogP contribution in [-0.4, -0.2) is 21.4 Å². The first-order valence-corrected chi connectivity index (χ1v) is 6.16. The number of nitrogens with zero attached hydrogens (tertiary/aromatic N) is 2. The van der Waals surface area contributed by atoms with Crippen molar-refractivity contribution < 1.29 is 4.92 Å². The molecule has 2 aromatic rings. The van der Waals surface area contributed by atoms with Gasteiger partial charge in [0.05, 0.1) is 10.6 Å². The smallest absolute Gasteiger partial charge is 0.269 e. The van der Waals surface area contributed by atoms with Gasteiger partial charge in [-0.15, -0.1) is 0 Å². The van der Waals surface area contributed by atoms with Crippen molar-refractivity contribution in [1.82, 2.24) is 15.3 Å². The Kier molecular flexibility index (Phi) is 4.21. The van der Waals surface area contributed by atoms with Gasteiger partial charge in [0, 0.05) is 30.3 Å². The summed E-state index contributed by atoms with van der Waals surface area (Å²) in [5, 5.41) is 13.7. The van der Waals surface area contributed by atoms with E-state index in [-0.39, 0.29) is 11.2 Å². The first kappa shape index (κ1) is 13.9. The summed E-state index contributed by atoms with van der Waals surface area (Å²) in [7, 11) is 0. The molecule has 7 nitrogen and oxygen atoms in total. The number of rotatable bonds is 5. The first-order chi connectivity index (χ1) is 9.60. The highest BCUT2D eigenvalue weighted by atomic mass is 16.6. The average molecular weight is 274 g/mol. The maximum Gasteiger partial charge on any atom is 0.269 e. The molecular formula is C13H14N4O3. The molecule has 20 heavy (non-hydrogen) atoms. The first-order valence-electron chi connectivity index (χ1n) is 6.16. The van der Waals surface area contributed by atoms with Crippen LogP contribution in [0, 0.1) is 10.1 Å². The number of nitro benzene ring substituents is 1. The van der Waals surface area contributed by atoms with Gasteiger partial charge in [-0.25, -0.2) is 4.98 Å². The van der Waals surface area contributed by atoms with Gasteiger partial charge >= 0.3 is 0 Å². The van der Waals surface area contributed by atoms with Crippen LogP contribution in [-0.2, 0) is 6.54 Å². The molecule has 1 aromatic heterocycles. The van der Waals surface area contributed by atoms with Crippen LogP contribution in [0.2, 0.25) is 0 Å². The van der Waals surface area contributed by atoms with Gasteiger partial charge in [-0.2, -0.15) is 0 Å². The van der Waals surface area contributed by atoms with Gasteiger partial charge in [0.25, 0.3) is 11.2 Å². The summed E-state index contributed by atoms with van der Waals surface area (Å²) >= 11 is 0. The van der Waals surface area contributed by atoms with E-state index in [1.54, 1.807) is 12.1 Å². The number of non-ortho nitro benzene ring substituents is 1. The normalized spacial score (nSPS) is 10.4. The average Bonchev–Trinajstić information content (AvgIpc) is 2.44. The fourth-order valence-electron chi connectivity index (χ4n) is 1.73. The van der Waals surface area contributed by atoms with Crippen LogP contribution >= 0.6 is 0 Å². The lowest BCUT2D eigenvalue weighted by Gasteiger charge is -2.04. The Morgan fingerprint density at radius 2 is 2.05 bits per heavy atom. The summed E-state index contributed by atoms with van der Waals surface area (Å²) in [4.78, 5) is 28.7. The van der Waals surface area contributed by atoms with Crippen molar-refractivity contribution in [3.05, 3.63) is 56.5 Å². The molecule has 2 N–H and O–H groups in total. The summed E-state index contributed by atoms with van der Waals surface area (Å²) in [6.07, 6.45) is 0. The Morgan fingerprint density at radius 1 is 1.35 bits per heavy atom. The molecule has 0 unspecified atom stereocenters. The van der Waals surface area contributed by atoms with Crippen molar-refractivity contribution in [2.75, 3.05) is 6.54 Å². The van der Waals surface area contributed by atoms with Gasteiger partial charge < -0.3 is 10.3 Å². The van der Waals surface area contributed by atoms with Gasteiger partial charge in [0.2, 0.25) is 0 Å². The molecule has 1 aromatic carbocycles.